The normalized spacial score (nSPS) is 18.9. The molecule has 12 nitrogen and oxygen atoms in total. The number of nitrogens with one attached hydrogen (secondary N) is 1. The summed E-state index contributed by atoms with van der Waals surface area (Å²) < 4.78 is 13.8. The number of benzene rings is 1. The smallest absolute Gasteiger partial charge is 0.352 e. The second-order valence-corrected chi connectivity index (χ2v) is 12.1. The molecule has 2 aromatic heterocycles. The van der Waals surface area contributed by atoms with Gasteiger partial charge in [-0.1, -0.05) is 40.4 Å². The SMILES string of the molecule is Nc1nc(C(=NOCc2ccc(F)cc2)C(=O)NC2C(=O)N3C(C(=O)O)=C(CSc4nncs4)CS[C@@H]23)cs1. The van der Waals surface area contributed by atoms with Gasteiger partial charge in [-0.15, -0.1) is 33.3 Å². The second kappa shape index (κ2) is 11.7. The third-order valence-electron chi connectivity index (χ3n) is 5.53. The number of aliphatic carboxylic acids is 1. The maximum atomic E-state index is 13.2. The van der Waals surface area contributed by atoms with Crippen LogP contribution in [0.15, 0.2) is 55.9 Å². The predicted molar refractivity (Wildman–Crippen MR) is 145 cm³/mol. The Morgan fingerprint density at radius 2 is 2.10 bits per heavy atom. The van der Waals surface area contributed by atoms with Crippen molar-refractivity contribution in [1.82, 2.24) is 25.4 Å². The van der Waals surface area contributed by atoms with Gasteiger partial charge in [-0.2, -0.15) is 0 Å². The van der Waals surface area contributed by atoms with Gasteiger partial charge >= 0.3 is 5.97 Å². The van der Waals surface area contributed by atoms with Gasteiger partial charge in [0.25, 0.3) is 11.8 Å². The van der Waals surface area contributed by atoms with Crippen LogP contribution in [0.2, 0.25) is 0 Å². The van der Waals surface area contributed by atoms with Crippen molar-refractivity contribution in [2.75, 3.05) is 17.2 Å². The van der Waals surface area contributed by atoms with Crippen LogP contribution in [0.3, 0.4) is 0 Å². The molecular formula is C22H18FN7O5S4. The molecule has 0 spiro atoms. The van der Waals surface area contributed by atoms with Crippen molar-refractivity contribution >= 4 is 74.8 Å². The molecule has 2 aliphatic rings. The minimum atomic E-state index is -1.22. The van der Waals surface area contributed by atoms with E-state index in [-0.39, 0.29) is 28.8 Å². The number of halogens is 1. The maximum Gasteiger partial charge on any atom is 0.352 e. The van der Waals surface area contributed by atoms with Crippen LogP contribution in [-0.4, -0.2) is 71.6 Å². The summed E-state index contributed by atoms with van der Waals surface area (Å²) in [5.41, 5.74) is 8.36. The number of anilines is 1. The molecule has 1 aromatic carbocycles. The van der Waals surface area contributed by atoms with Crippen LogP contribution < -0.4 is 11.1 Å². The first-order valence-corrected chi connectivity index (χ1v) is 14.9. The van der Waals surface area contributed by atoms with Gasteiger partial charge < -0.3 is 21.0 Å². The van der Waals surface area contributed by atoms with Gasteiger partial charge in [-0.05, 0) is 23.3 Å². The van der Waals surface area contributed by atoms with Crippen molar-refractivity contribution in [1.29, 1.82) is 0 Å². The minimum absolute atomic E-state index is 0.0457. The van der Waals surface area contributed by atoms with E-state index in [2.05, 4.69) is 25.7 Å². The average Bonchev–Trinajstić information content (AvgIpc) is 3.60. The molecule has 1 saturated heterocycles. The zero-order valence-corrected chi connectivity index (χ0v) is 22.9. The van der Waals surface area contributed by atoms with E-state index in [1.54, 1.807) is 5.51 Å². The van der Waals surface area contributed by atoms with E-state index < -0.39 is 35.0 Å². The lowest BCUT2D eigenvalue weighted by molar-refractivity contribution is -0.150. The molecule has 0 saturated carbocycles. The topological polar surface area (TPSA) is 173 Å². The van der Waals surface area contributed by atoms with Crippen LogP contribution in [-0.2, 0) is 25.8 Å². The summed E-state index contributed by atoms with van der Waals surface area (Å²) in [5, 5.41) is 25.2. The number of carbonyl (C=O) groups is 3. The van der Waals surface area contributed by atoms with Crippen LogP contribution in [0, 0.1) is 5.82 Å². The summed E-state index contributed by atoms with van der Waals surface area (Å²) in [6.07, 6.45) is 0. The molecule has 0 aliphatic carbocycles. The molecule has 202 valence electrons. The summed E-state index contributed by atoms with van der Waals surface area (Å²) in [4.78, 5) is 48.9. The monoisotopic (exact) mass is 607 g/mol. The molecule has 0 bridgehead atoms. The fourth-order valence-electron chi connectivity index (χ4n) is 3.73. The highest BCUT2D eigenvalue weighted by molar-refractivity contribution is 8.01. The average molecular weight is 608 g/mol. The molecule has 4 heterocycles. The Bertz CT molecular complexity index is 1460. The number of β-lactam (4-membered cyclic amide) rings is 1. The lowest BCUT2D eigenvalue weighted by Crippen LogP contribution is -2.71. The zero-order valence-electron chi connectivity index (χ0n) is 19.6. The highest BCUT2D eigenvalue weighted by Gasteiger charge is 2.54. The molecule has 17 heteroatoms. The number of thioether (sulfide) groups is 2. The number of rotatable bonds is 10. The van der Waals surface area contributed by atoms with Crippen molar-refractivity contribution in [3.05, 3.63) is 63.5 Å². The summed E-state index contributed by atoms with van der Waals surface area (Å²) in [5.74, 6) is -2.22. The number of nitrogen functional groups attached to an aromatic ring is 1. The van der Waals surface area contributed by atoms with Gasteiger partial charge in [0.15, 0.2) is 15.2 Å². The Morgan fingerprint density at radius 3 is 2.77 bits per heavy atom. The number of nitrogens with zero attached hydrogens (tertiary/aromatic N) is 5. The molecule has 4 N–H and O–H groups in total. The minimum Gasteiger partial charge on any atom is -0.477 e. The van der Waals surface area contributed by atoms with Crippen LogP contribution in [0.1, 0.15) is 11.3 Å². The van der Waals surface area contributed by atoms with Crippen molar-refractivity contribution in [2.45, 2.75) is 22.4 Å². The van der Waals surface area contributed by atoms with Gasteiger partial charge in [0, 0.05) is 16.9 Å². The molecule has 2 amide bonds. The van der Waals surface area contributed by atoms with E-state index in [9.17, 15) is 23.9 Å². The van der Waals surface area contributed by atoms with Gasteiger partial charge in [0.2, 0.25) is 0 Å². The van der Waals surface area contributed by atoms with Crippen molar-refractivity contribution in [3.8, 4) is 0 Å². The van der Waals surface area contributed by atoms with E-state index in [0.717, 1.165) is 11.3 Å². The molecule has 2 atom stereocenters. The van der Waals surface area contributed by atoms with Gasteiger partial charge in [0.05, 0.1) is 0 Å². The second-order valence-electron chi connectivity index (χ2n) is 8.02. The Balaban J connectivity index is 1.29. The van der Waals surface area contributed by atoms with Gasteiger partial charge in [-0.3, -0.25) is 14.5 Å². The van der Waals surface area contributed by atoms with Crippen molar-refractivity contribution < 1.29 is 28.7 Å². The van der Waals surface area contributed by atoms with Gasteiger partial charge in [-0.25, -0.2) is 14.2 Å². The number of nitrogens with two attached hydrogens (primary N) is 1. The summed E-state index contributed by atoms with van der Waals surface area (Å²) in [7, 11) is 0. The Kier molecular flexibility index (Phi) is 8.10. The molecule has 2 aliphatic heterocycles. The largest absolute Gasteiger partial charge is 0.477 e. The lowest BCUT2D eigenvalue weighted by Gasteiger charge is -2.49. The number of amides is 2. The summed E-state index contributed by atoms with van der Waals surface area (Å²) in [6.45, 7) is -0.0457. The first-order valence-electron chi connectivity index (χ1n) is 11.1. The Hall–Kier alpha value is -3.54. The fourth-order valence-corrected chi connectivity index (χ4v) is 7.25. The number of carbonyl (C=O) groups excluding carboxylic acids is 2. The number of hydrogen-bond donors (Lipinski definition) is 3. The molecule has 39 heavy (non-hydrogen) atoms. The number of hydrogen-bond acceptors (Lipinski definition) is 13. The predicted octanol–water partition coefficient (Wildman–Crippen LogP) is 2.17. The quantitative estimate of drug-likeness (QED) is 0.133. The molecule has 5 rings (SSSR count). The van der Waals surface area contributed by atoms with Crippen LogP contribution in [0.5, 0.6) is 0 Å². The molecule has 1 unspecified atom stereocenters. The van der Waals surface area contributed by atoms with E-state index in [1.165, 1.54) is 69.4 Å². The van der Waals surface area contributed by atoms with Gasteiger partial charge in [0.1, 0.15) is 40.7 Å². The number of fused-ring (bicyclic) bond motifs is 1. The van der Waals surface area contributed by atoms with E-state index in [0.29, 0.717) is 27.0 Å². The first-order chi connectivity index (χ1) is 18.8. The Labute approximate surface area is 236 Å². The standard InChI is InChI=1S/C22H18FN7O5S4/c23-12-3-1-10(2-4-12)5-35-29-14(13-8-37-21(24)26-13)17(31)27-15-18(32)30-16(20(33)34)11(6-36-19(15)30)7-38-22-28-25-9-39-22/h1-4,8-9,15,19H,5-7H2,(H2,24,26)(H,27,31)(H,33,34)/t15?,19-/m0/s1. The Morgan fingerprint density at radius 1 is 1.31 bits per heavy atom. The molecule has 1 fully saturated rings. The summed E-state index contributed by atoms with van der Waals surface area (Å²) >= 11 is 5.13. The lowest BCUT2D eigenvalue weighted by atomic mass is 10.0. The number of carboxylic acids is 1. The van der Waals surface area contributed by atoms with E-state index in [1.807, 2.05) is 0 Å². The number of carboxylic acid groups (broad SMARTS) is 1. The first kappa shape index (κ1) is 27.0. The van der Waals surface area contributed by atoms with Crippen LogP contribution >= 0.6 is 46.2 Å². The molecular weight excluding hydrogens is 590 g/mol. The zero-order chi connectivity index (χ0) is 27.5. The van der Waals surface area contributed by atoms with E-state index >= 15 is 0 Å². The number of oxime groups is 1. The van der Waals surface area contributed by atoms with Crippen LogP contribution in [0.4, 0.5) is 9.52 Å². The molecule has 3 aromatic rings. The number of aromatic nitrogens is 3. The third-order valence-corrected chi connectivity index (χ3v) is 9.49. The van der Waals surface area contributed by atoms with Crippen molar-refractivity contribution in [3.63, 3.8) is 0 Å². The molecule has 0 radical (unpaired) electrons. The highest BCUT2D eigenvalue weighted by atomic mass is 32.2. The van der Waals surface area contributed by atoms with E-state index in [4.69, 9.17) is 10.6 Å². The van der Waals surface area contributed by atoms with Crippen LogP contribution in [0.25, 0.3) is 0 Å². The maximum absolute atomic E-state index is 13.2. The van der Waals surface area contributed by atoms with Crippen molar-refractivity contribution in [2.24, 2.45) is 5.16 Å². The third kappa shape index (κ3) is 5.90. The summed E-state index contributed by atoms with van der Waals surface area (Å²) in [6, 6.07) is 4.59. The highest BCUT2D eigenvalue weighted by Crippen LogP contribution is 2.41. The fraction of sp³-hybridized carbons (Fsp3) is 0.227. The number of thiazole rings is 1.